The number of carbonyl (C=O) groups is 1. The van der Waals surface area contributed by atoms with Crippen molar-refractivity contribution in [2.45, 2.75) is 6.10 Å². The lowest BCUT2D eigenvalue weighted by atomic mass is 10.3. The number of hydrogen-bond donors (Lipinski definition) is 1. The highest BCUT2D eigenvalue weighted by atomic mass is 35.5. The molecule has 0 bridgehead atoms. The van der Waals surface area contributed by atoms with Gasteiger partial charge >= 0.3 is 6.03 Å². The first-order chi connectivity index (χ1) is 13.9. The lowest BCUT2D eigenvalue weighted by Gasteiger charge is -2.26. The van der Waals surface area contributed by atoms with E-state index in [0.717, 1.165) is 0 Å². The van der Waals surface area contributed by atoms with E-state index in [1.54, 1.807) is 4.90 Å². The fourth-order valence-electron chi connectivity index (χ4n) is 3.07. The largest absolute Gasteiger partial charge is 0.495 e. The van der Waals surface area contributed by atoms with Crippen molar-refractivity contribution in [1.29, 1.82) is 0 Å². The van der Waals surface area contributed by atoms with Crippen LogP contribution in [0.5, 0.6) is 0 Å². The zero-order valence-electron chi connectivity index (χ0n) is 15.2. The fourth-order valence-corrected chi connectivity index (χ4v) is 3.85. The number of ether oxygens (including phenoxy) is 1. The standard InChI is InChI=1S/C19H18Cl3FN4O2/c1-2-29-13-10-26(18-15(21)8-24-9-16(18)22)5-6-27(11-13)19(28)25-12-3-4-17(23)14(20)7-12/h2-4,7-9,13H,1,5-6,10-11H2,(H,25,28). The Kier molecular flexibility index (Phi) is 7.05. The van der Waals surface area contributed by atoms with Gasteiger partial charge in [-0.1, -0.05) is 41.4 Å². The third-order valence-electron chi connectivity index (χ3n) is 4.38. The normalized spacial score (nSPS) is 16.9. The number of halogens is 4. The Balaban J connectivity index is 1.78. The fraction of sp³-hybridized carbons (Fsp3) is 0.263. The molecule has 29 heavy (non-hydrogen) atoms. The molecule has 1 atom stereocenters. The molecule has 2 amide bonds. The van der Waals surface area contributed by atoms with Crippen LogP contribution in [0.4, 0.5) is 20.6 Å². The molecule has 1 N–H and O–H groups in total. The summed E-state index contributed by atoms with van der Waals surface area (Å²) in [5.74, 6) is -0.555. The van der Waals surface area contributed by atoms with Gasteiger partial charge in [-0.3, -0.25) is 4.98 Å². The van der Waals surface area contributed by atoms with Crippen LogP contribution in [0.15, 0.2) is 43.4 Å². The van der Waals surface area contributed by atoms with Crippen LogP contribution in [0.1, 0.15) is 0 Å². The Morgan fingerprint density at radius 3 is 2.59 bits per heavy atom. The molecule has 0 aliphatic carbocycles. The molecule has 1 aliphatic rings. The van der Waals surface area contributed by atoms with Gasteiger partial charge in [-0.2, -0.15) is 0 Å². The van der Waals surface area contributed by atoms with Gasteiger partial charge in [-0.15, -0.1) is 0 Å². The van der Waals surface area contributed by atoms with Gasteiger partial charge in [0.2, 0.25) is 0 Å². The number of amides is 2. The molecule has 1 saturated heterocycles. The maximum absolute atomic E-state index is 13.3. The van der Waals surface area contributed by atoms with Crippen LogP contribution in [0, 0.1) is 5.82 Å². The van der Waals surface area contributed by atoms with Crippen molar-refractivity contribution in [3.63, 3.8) is 0 Å². The number of urea groups is 1. The summed E-state index contributed by atoms with van der Waals surface area (Å²) >= 11 is 18.4. The van der Waals surface area contributed by atoms with Crippen LogP contribution in [-0.2, 0) is 4.74 Å². The van der Waals surface area contributed by atoms with E-state index >= 15 is 0 Å². The van der Waals surface area contributed by atoms with Crippen molar-refractivity contribution in [2.24, 2.45) is 0 Å². The van der Waals surface area contributed by atoms with Gasteiger partial charge in [0.15, 0.2) is 0 Å². The Labute approximate surface area is 182 Å². The highest BCUT2D eigenvalue weighted by Gasteiger charge is 2.28. The van der Waals surface area contributed by atoms with E-state index in [0.29, 0.717) is 47.6 Å². The molecule has 0 spiro atoms. The molecule has 0 saturated carbocycles. The first kappa shape index (κ1) is 21.5. The first-order valence-electron chi connectivity index (χ1n) is 8.70. The number of nitrogens with zero attached hydrogens (tertiary/aromatic N) is 3. The van der Waals surface area contributed by atoms with Crippen LogP contribution >= 0.6 is 34.8 Å². The maximum Gasteiger partial charge on any atom is 0.322 e. The number of hydrogen-bond acceptors (Lipinski definition) is 4. The molecule has 3 rings (SSSR count). The number of anilines is 2. The number of carbonyl (C=O) groups excluding carboxylic acids is 1. The van der Waals surface area contributed by atoms with Gasteiger partial charge in [0.05, 0.1) is 40.1 Å². The monoisotopic (exact) mass is 458 g/mol. The Morgan fingerprint density at radius 1 is 1.21 bits per heavy atom. The van der Waals surface area contributed by atoms with E-state index in [-0.39, 0.29) is 17.2 Å². The molecule has 1 aromatic heterocycles. The van der Waals surface area contributed by atoms with E-state index in [1.165, 1.54) is 36.9 Å². The van der Waals surface area contributed by atoms with Crippen molar-refractivity contribution in [3.8, 4) is 0 Å². The van der Waals surface area contributed by atoms with Crippen LogP contribution in [0.25, 0.3) is 0 Å². The highest BCUT2D eigenvalue weighted by molar-refractivity contribution is 6.38. The molecule has 2 aromatic rings. The van der Waals surface area contributed by atoms with E-state index in [9.17, 15) is 9.18 Å². The number of aromatic nitrogens is 1. The SMILES string of the molecule is C=COC1CN(C(=O)Nc2ccc(F)c(Cl)c2)CCN(c2c(Cl)cncc2Cl)C1. The van der Waals surface area contributed by atoms with Crippen LogP contribution in [-0.4, -0.2) is 48.2 Å². The summed E-state index contributed by atoms with van der Waals surface area (Å²) in [5.41, 5.74) is 1.03. The summed E-state index contributed by atoms with van der Waals surface area (Å²) in [7, 11) is 0. The average Bonchev–Trinajstić information content (AvgIpc) is 2.88. The average molecular weight is 460 g/mol. The van der Waals surface area contributed by atoms with E-state index in [4.69, 9.17) is 39.5 Å². The van der Waals surface area contributed by atoms with Crippen LogP contribution in [0.2, 0.25) is 15.1 Å². The smallest absolute Gasteiger partial charge is 0.322 e. The Bertz CT molecular complexity index is 895. The molecule has 0 radical (unpaired) electrons. The molecule has 154 valence electrons. The first-order valence-corrected chi connectivity index (χ1v) is 9.83. The molecular weight excluding hydrogens is 442 g/mol. The number of pyridine rings is 1. The highest BCUT2D eigenvalue weighted by Crippen LogP contribution is 2.33. The van der Waals surface area contributed by atoms with Gasteiger partial charge in [-0.05, 0) is 18.2 Å². The minimum absolute atomic E-state index is 0.0697. The lowest BCUT2D eigenvalue weighted by Crippen LogP contribution is -2.40. The van der Waals surface area contributed by atoms with E-state index < -0.39 is 5.82 Å². The Morgan fingerprint density at radius 2 is 1.93 bits per heavy atom. The second kappa shape index (κ2) is 9.52. The molecule has 1 unspecified atom stereocenters. The van der Waals surface area contributed by atoms with Gasteiger partial charge in [-0.25, -0.2) is 9.18 Å². The second-order valence-corrected chi connectivity index (χ2v) is 7.55. The quantitative estimate of drug-likeness (QED) is 0.649. The third-order valence-corrected chi connectivity index (χ3v) is 5.22. The summed E-state index contributed by atoms with van der Waals surface area (Å²) in [6, 6.07) is 3.63. The number of benzene rings is 1. The summed E-state index contributed by atoms with van der Waals surface area (Å²) in [4.78, 5) is 20.3. The lowest BCUT2D eigenvalue weighted by molar-refractivity contribution is 0.122. The molecular formula is C19H18Cl3FN4O2. The van der Waals surface area contributed by atoms with Crippen LogP contribution in [0.3, 0.4) is 0 Å². The molecule has 2 heterocycles. The molecule has 10 heteroatoms. The third kappa shape index (κ3) is 5.23. The van der Waals surface area contributed by atoms with Gasteiger partial charge < -0.3 is 19.9 Å². The van der Waals surface area contributed by atoms with Gasteiger partial charge in [0.25, 0.3) is 0 Å². The summed E-state index contributed by atoms with van der Waals surface area (Å²) in [5, 5.41) is 3.47. The van der Waals surface area contributed by atoms with Crippen molar-refractivity contribution in [2.75, 3.05) is 36.4 Å². The summed E-state index contributed by atoms with van der Waals surface area (Å²) in [6.07, 6.45) is 4.00. The zero-order valence-corrected chi connectivity index (χ0v) is 17.5. The predicted molar refractivity (Wildman–Crippen MR) is 114 cm³/mol. The Hall–Kier alpha value is -2.22. The second-order valence-electron chi connectivity index (χ2n) is 6.33. The molecule has 1 aliphatic heterocycles. The minimum Gasteiger partial charge on any atom is -0.495 e. The zero-order chi connectivity index (χ0) is 21.0. The summed E-state index contributed by atoms with van der Waals surface area (Å²) < 4.78 is 18.9. The van der Waals surface area contributed by atoms with Crippen molar-refractivity contribution >= 4 is 52.2 Å². The van der Waals surface area contributed by atoms with Gasteiger partial charge in [0, 0.05) is 31.2 Å². The number of nitrogens with one attached hydrogen (secondary N) is 1. The van der Waals surface area contributed by atoms with Crippen molar-refractivity contribution in [3.05, 3.63) is 64.3 Å². The minimum atomic E-state index is -0.555. The van der Waals surface area contributed by atoms with Crippen molar-refractivity contribution in [1.82, 2.24) is 9.88 Å². The van der Waals surface area contributed by atoms with Crippen LogP contribution < -0.4 is 10.2 Å². The maximum atomic E-state index is 13.3. The topological polar surface area (TPSA) is 57.7 Å². The van der Waals surface area contributed by atoms with Crippen molar-refractivity contribution < 1.29 is 13.9 Å². The van der Waals surface area contributed by atoms with E-state index in [1.807, 2.05) is 4.90 Å². The predicted octanol–water partition coefficient (Wildman–Crippen LogP) is 5.06. The molecule has 1 aromatic carbocycles. The van der Waals surface area contributed by atoms with Gasteiger partial charge in [0.1, 0.15) is 11.9 Å². The molecule has 6 nitrogen and oxygen atoms in total. The summed E-state index contributed by atoms with van der Waals surface area (Å²) in [6.45, 7) is 5.21. The van der Waals surface area contributed by atoms with E-state index in [2.05, 4.69) is 16.9 Å². The molecule has 1 fully saturated rings. The number of rotatable bonds is 4.